The molecule has 1 aromatic heterocycles. The Morgan fingerprint density at radius 1 is 1.14 bits per heavy atom. The molecule has 3 rings (SSSR count). The fraction of sp³-hybridized carbons (Fsp3) is 0.312. The average Bonchev–Trinajstić information content (AvgIpc) is 2.56. The third-order valence-electron chi connectivity index (χ3n) is 3.79. The van der Waals surface area contributed by atoms with Crippen molar-refractivity contribution in [2.75, 3.05) is 13.2 Å². The topological polar surface area (TPSA) is 65.5 Å². The summed E-state index contributed by atoms with van der Waals surface area (Å²) in [5.74, 6) is 0.181. The summed E-state index contributed by atoms with van der Waals surface area (Å²) in [6.07, 6.45) is 1.53. The SMILES string of the molecule is C[n+]1ccccc1C1COC(c2ccc([N+](=O)[O-])cc2)OC1. The van der Waals surface area contributed by atoms with Crippen LogP contribution in [0.3, 0.4) is 0 Å². The Hall–Kier alpha value is -2.31. The Bertz CT molecular complexity index is 664. The van der Waals surface area contributed by atoms with Crippen molar-refractivity contribution in [3.05, 3.63) is 70.0 Å². The molecule has 0 unspecified atom stereocenters. The molecule has 114 valence electrons. The van der Waals surface area contributed by atoms with E-state index in [1.807, 2.05) is 25.4 Å². The van der Waals surface area contributed by atoms with Gasteiger partial charge in [0.25, 0.3) is 5.69 Å². The molecule has 0 aliphatic carbocycles. The van der Waals surface area contributed by atoms with Gasteiger partial charge in [-0.25, -0.2) is 4.57 Å². The molecule has 1 aliphatic rings. The first-order valence-corrected chi connectivity index (χ1v) is 7.07. The summed E-state index contributed by atoms with van der Waals surface area (Å²) in [7, 11) is 2.00. The van der Waals surface area contributed by atoms with E-state index in [0.717, 1.165) is 11.3 Å². The smallest absolute Gasteiger partial charge is 0.269 e. The minimum atomic E-state index is -0.467. The van der Waals surface area contributed by atoms with Crippen LogP contribution in [-0.2, 0) is 16.5 Å². The van der Waals surface area contributed by atoms with Crippen molar-refractivity contribution in [3.63, 3.8) is 0 Å². The number of rotatable bonds is 3. The zero-order valence-electron chi connectivity index (χ0n) is 12.2. The number of aromatic nitrogens is 1. The fourth-order valence-electron chi connectivity index (χ4n) is 2.58. The van der Waals surface area contributed by atoms with Gasteiger partial charge in [0.05, 0.1) is 24.1 Å². The highest BCUT2D eigenvalue weighted by molar-refractivity contribution is 5.33. The number of pyridine rings is 1. The lowest BCUT2D eigenvalue weighted by molar-refractivity contribution is -0.681. The number of nitro benzene ring substituents is 1. The van der Waals surface area contributed by atoms with Gasteiger partial charge < -0.3 is 9.47 Å². The number of nitro groups is 1. The predicted octanol–water partition coefficient (Wildman–Crippen LogP) is 2.25. The summed E-state index contributed by atoms with van der Waals surface area (Å²) in [4.78, 5) is 10.2. The molecular formula is C16H17N2O4+. The van der Waals surface area contributed by atoms with E-state index in [1.165, 1.54) is 12.1 Å². The van der Waals surface area contributed by atoms with Gasteiger partial charge in [-0.05, 0) is 12.1 Å². The van der Waals surface area contributed by atoms with Gasteiger partial charge in [-0.1, -0.05) is 6.07 Å². The first-order valence-electron chi connectivity index (χ1n) is 7.07. The Labute approximate surface area is 128 Å². The van der Waals surface area contributed by atoms with E-state index in [4.69, 9.17) is 9.47 Å². The number of hydrogen-bond donors (Lipinski definition) is 0. The summed E-state index contributed by atoms with van der Waals surface area (Å²) in [6.45, 7) is 1.11. The van der Waals surface area contributed by atoms with Crippen LogP contribution < -0.4 is 4.57 Å². The van der Waals surface area contributed by atoms with Crippen LogP contribution >= 0.6 is 0 Å². The van der Waals surface area contributed by atoms with E-state index < -0.39 is 11.2 Å². The molecule has 0 N–H and O–H groups in total. The Morgan fingerprint density at radius 2 is 1.82 bits per heavy atom. The van der Waals surface area contributed by atoms with E-state index >= 15 is 0 Å². The zero-order chi connectivity index (χ0) is 15.5. The molecule has 2 heterocycles. The summed E-state index contributed by atoms with van der Waals surface area (Å²) in [5.41, 5.74) is 2.01. The van der Waals surface area contributed by atoms with Crippen LogP contribution in [0.25, 0.3) is 0 Å². The van der Waals surface area contributed by atoms with Crippen LogP contribution in [0.15, 0.2) is 48.7 Å². The Morgan fingerprint density at radius 3 is 2.41 bits per heavy atom. The summed E-state index contributed by atoms with van der Waals surface area (Å²) in [5, 5.41) is 10.7. The fourth-order valence-corrected chi connectivity index (χ4v) is 2.58. The molecule has 1 aromatic carbocycles. The van der Waals surface area contributed by atoms with Gasteiger partial charge in [0, 0.05) is 29.8 Å². The van der Waals surface area contributed by atoms with Crippen molar-refractivity contribution in [1.82, 2.24) is 0 Å². The quantitative estimate of drug-likeness (QED) is 0.495. The lowest BCUT2D eigenvalue weighted by Crippen LogP contribution is -2.38. The van der Waals surface area contributed by atoms with Crippen LogP contribution in [0.5, 0.6) is 0 Å². The third-order valence-corrected chi connectivity index (χ3v) is 3.79. The van der Waals surface area contributed by atoms with Crippen molar-refractivity contribution in [2.45, 2.75) is 12.2 Å². The lowest BCUT2D eigenvalue weighted by atomic mass is 10.1. The summed E-state index contributed by atoms with van der Waals surface area (Å²) >= 11 is 0. The first-order chi connectivity index (χ1) is 10.6. The molecule has 1 fully saturated rings. The molecule has 6 nitrogen and oxygen atoms in total. The molecule has 22 heavy (non-hydrogen) atoms. The zero-order valence-corrected chi connectivity index (χ0v) is 12.2. The lowest BCUT2D eigenvalue weighted by Gasteiger charge is -2.28. The number of nitrogens with zero attached hydrogens (tertiary/aromatic N) is 2. The number of non-ortho nitro benzene ring substituents is 1. The number of hydrogen-bond acceptors (Lipinski definition) is 4. The van der Waals surface area contributed by atoms with Gasteiger partial charge in [0.1, 0.15) is 7.05 Å². The van der Waals surface area contributed by atoms with Gasteiger partial charge in [0.15, 0.2) is 18.2 Å². The highest BCUT2D eigenvalue weighted by atomic mass is 16.7. The number of ether oxygens (including phenoxy) is 2. The molecule has 0 saturated carbocycles. The maximum Gasteiger partial charge on any atom is 0.269 e. The van der Waals surface area contributed by atoms with Crippen molar-refractivity contribution < 1.29 is 19.0 Å². The molecule has 2 aromatic rings. The molecule has 6 heteroatoms. The maximum absolute atomic E-state index is 10.7. The van der Waals surface area contributed by atoms with Crippen molar-refractivity contribution in [3.8, 4) is 0 Å². The second-order valence-electron chi connectivity index (χ2n) is 5.28. The third kappa shape index (κ3) is 2.98. The van der Waals surface area contributed by atoms with Gasteiger partial charge in [-0.3, -0.25) is 10.1 Å². The minimum absolute atomic E-state index is 0.0637. The van der Waals surface area contributed by atoms with Gasteiger partial charge in [0.2, 0.25) is 0 Å². The first kappa shape index (κ1) is 14.6. The Balaban J connectivity index is 1.66. The van der Waals surface area contributed by atoms with Crippen molar-refractivity contribution in [2.24, 2.45) is 7.05 Å². The highest BCUT2D eigenvalue weighted by Crippen LogP contribution is 2.29. The average molecular weight is 301 g/mol. The molecule has 0 radical (unpaired) electrons. The molecule has 1 aliphatic heterocycles. The standard InChI is InChI=1S/C16H17N2O4/c1-17-9-3-2-4-15(17)13-10-21-16(22-11-13)12-5-7-14(8-6-12)18(19)20/h2-9,13,16H,10-11H2,1H3/q+1. The summed E-state index contributed by atoms with van der Waals surface area (Å²) < 4.78 is 13.6. The van der Waals surface area contributed by atoms with E-state index in [-0.39, 0.29) is 11.6 Å². The van der Waals surface area contributed by atoms with E-state index in [1.54, 1.807) is 12.1 Å². The van der Waals surface area contributed by atoms with Crippen LogP contribution in [0.1, 0.15) is 23.5 Å². The van der Waals surface area contributed by atoms with Gasteiger partial charge >= 0.3 is 0 Å². The van der Waals surface area contributed by atoms with Gasteiger partial charge in [-0.2, -0.15) is 0 Å². The highest BCUT2D eigenvalue weighted by Gasteiger charge is 2.29. The molecule has 1 saturated heterocycles. The van der Waals surface area contributed by atoms with E-state index in [2.05, 4.69) is 10.6 Å². The van der Waals surface area contributed by atoms with E-state index in [0.29, 0.717) is 13.2 Å². The van der Waals surface area contributed by atoms with Crippen LogP contribution in [0.2, 0.25) is 0 Å². The van der Waals surface area contributed by atoms with Crippen LogP contribution in [0, 0.1) is 10.1 Å². The predicted molar refractivity (Wildman–Crippen MR) is 78.1 cm³/mol. The minimum Gasteiger partial charge on any atom is -0.347 e. The molecule has 0 spiro atoms. The second kappa shape index (κ2) is 6.21. The molecule has 0 amide bonds. The molecule has 0 bridgehead atoms. The number of benzene rings is 1. The monoisotopic (exact) mass is 301 g/mol. The summed E-state index contributed by atoms with van der Waals surface area (Å²) in [6, 6.07) is 12.3. The Kier molecular flexibility index (Phi) is 4.13. The largest absolute Gasteiger partial charge is 0.347 e. The maximum atomic E-state index is 10.7. The van der Waals surface area contributed by atoms with Crippen LogP contribution in [0.4, 0.5) is 5.69 Å². The van der Waals surface area contributed by atoms with Crippen molar-refractivity contribution >= 4 is 5.69 Å². The van der Waals surface area contributed by atoms with Crippen LogP contribution in [-0.4, -0.2) is 18.1 Å². The second-order valence-corrected chi connectivity index (χ2v) is 5.28. The van der Waals surface area contributed by atoms with E-state index in [9.17, 15) is 10.1 Å². The normalized spacial score (nSPS) is 21.5. The molecule has 0 atom stereocenters. The van der Waals surface area contributed by atoms with Crippen molar-refractivity contribution in [1.29, 1.82) is 0 Å². The van der Waals surface area contributed by atoms with Gasteiger partial charge in [-0.15, -0.1) is 0 Å². The number of aryl methyl sites for hydroxylation is 1. The molecular weight excluding hydrogens is 284 g/mol.